The van der Waals surface area contributed by atoms with E-state index in [1.54, 1.807) is 0 Å². The van der Waals surface area contributed by atoms with Crippen LogP contribution in [0.25, 0.3) is 0 Å². The molecule has 0 amide bonds. The monoisotopic (exact) mass is 307 g/mol. The maximum Gasteiger partial charge on any atom is 0.146 e. The standard InChI is InChI=1S/C16H29N5O/c1-3-20-8-4-5-13(11-20)16-18-17-15(19(16)2)12-21-9-6-14(22)7-10-21/h13-14,22H,3-12H2,1-2H3/t13-/m1/s1. The molecule has 3 rings (SSSR count). The van der Waals surface area contributed by atoms with Gasteiger partial charge in [0.1, 0.15) is 11.6 Å². The number of nitrogens with zero attached hydrogens (tertiary/aromatic N) is 5. The van der Waals surface area contributed by atoms with E-state index in [0.29, 0.717) is 5.92 Å². The van der Waals surface area contributed by atoms with E-state index in [1.807, 2.05) is 0 Å². The van der Waals surface area contributed by atoms with Crippen LogP contribution in [0.2, 0.25) is 0 Å². The molecule has 0 aromatic carbocycles. The Morgan fingerprint density at radius 2 is 1.86 bits per heavy atom. The van der Waals surface area contributed by atoms with Crippen molar-refractivity contribution in [2.75, 3.05) is 32.7 Å². The van der Waals surface area contributed by atoms with E-state index in [2.05, 4.69) is 38.5 Å². The molecule has 1 aromatic rings. The van der Waals surface area contributed by atoms with Crippen LogP contribution in [0.4, 0.5) is 0 Å². The molecule has 0 radical (unpaired) electrons. The van der Waals surface area contributed by atoms with Gasteiger partial charge in [-0.1, -0.05) is 6.92 Å². The largest absolute Gasteiger partial charge is 0.393 e. The topological polar surface area (TPSA) is 57.4 Å². The molecule has 1 N–H and O–H groups in total. The third-order valence-corrected chi connectivity index (χ3v) is 5.24. The van der Waals surface area contributed by atoms with E-state index in [0.717, 1.165) is 57.2 Å². The van der Waals surface area contributed by atoms with Crippen molar-refractivity contribution in [1.82, 2.24) is 24.6 Å². The Bertz CT molecular complexity index is 481. The number of aromatic nitrogens is 3. The summed E-state index contributed by atoms with van der Waals surface area (Å²) in [5.41, 5.74) is 0. The maximum atomic E-state index is 9.61. The number of piperidine rings is 2. The van der Waals surface area contributed by atoms with Crippen molar-refractivity contribution in [2.45, 2.75) is 51.2 Å². The zero-order valence-electron chi connectivity index (χ0n) is 13.9. The van der Waals surface area contributed by atoms with E-state index in [-0.39, 0.29) is 6.10 Å². The zero-order chi connectivity index (χ0) is 15.5. The summed E-state index contributed by atoms with van der Waals surface area (Å²) in [5.74, 6) is 2.72. The van der Waals surface area contributed by atoms with Crippen molar-refractivity contribution in [2.24, 2.45) is 7.05 Å². The third kappa shape index (κ3) is 3.50. The third-order valence-electron chi connectivity index (χ3n) is 5.24. The lowest BCUT2D eigenvalue weighted by atomic mass is 9.97. The summed E-state index contributed by atoms with van der Waals surface area (Å²) < 4.78 is 2.20. The summed E-state index contributed by atoms with van der Waals surface area (Å²) in [4.78, 5) is 4.88. The molecule has 2 saturated heterocycles. The van der Waals surface area contributed by atoms with Gasteiger partial charge in [0.05, 0.1) is 12.6 Å². The highest BCUT2D eigenvalue weighted by Crippen LogP contribution is 2.26. The fraction of sp³-hybridized carbons (Fsp3) is 0.875. The van der Waals surface area contributed by atoms with Crippen LogP contribution in [0.5, 0.6) is 0 Å². The lowest BCUT2D eigenvalue weighted by Crippen LogP contribution is -2.36. The predicted molar refractivity (Wildman–Crippen MR) is 85.6 cm³/mol. The molecule has 2 aliphatic rings. The summed E-state index contributed by atoms with van der Waals surface area (Å²) in [6.45, 7) is 8.44. The van der Waals surface area contributed by atoms with Gasteiger partial charge in [0.15, 0.2) is 0 Å². The van der Waals surface area contributed by atoms with Gasteiger partial charge in [0.25, 0.3) is 0 Å². The van der Waals surface area contributed by atoms with Crippen LogP contribution in [0.15, 0.2) is 0 Å². The molecule has 6 nitrogen and oxygen atoms in total. The van der Waals surface area contributed by atoms with Gasteiger partial charge in [0.2, 0.25) is 0 Å². The van der Waals surface area contributed by atoms with Gasteiger partial charge in [-0.25, -0.2) is 0 Å². The quantitative estimate of drug-likeness (QED) is 0.898. The number of rotatable bonds is 4. The molecule has 0 bridgehead atoms. The fourth-order valence-electron chi connectivity index (χ4n) is 3.70. The molecule has 1 atom stereocenters. The van der Waals surface area contributed by atoms with E-state index >= 15 is 0 Å². The summed E-state index contributed by atoms with van der Waals surface area (Å²) in [6, 6.07) is 0. The first-order chi connectivity index (χ1) is 10.7. The number of likely N-dealkylation sites (N-methyl/N-ethyl adjacent to an activating group) is 1. The molecular formula is C16H29N5O. The molecule has 0 spiro atoms. The SMILES string of the molecule is CCN1CCC[C@@H](c2nnc(CN3CCC(O)CC3)n2C)C1. The number of hydrogen-bond donors (Lipinski definition) is 1. The lowest BCUT2D eigenvalue weighted by Gasteiger charge is -2.31. The first kappa shape index (κ1) is 15.9. The Balaban J connectivity index is 1.64. The fourth-order valence-corrected chi connectivity index (χ4v) is 3.70. The van der Waals surface area contributed by atoms with E-state index in [1.165, 1.54) is 19.4 Å². The molecule has 0 aliphatic carbocycles. The summed E-state index contributed by atoms with van der Waals surface area (Å²) in [5, 5.41) is 18.5. The average molecular weight is 307 g/mol. The van der Waals surface area contributed by atoms with Crippen LogP contribution in [-0.2, 0) is 13.6 Å². The van der Waals surface area contributed by atoms with Crippen LogP contribution in [0.1, 0.15) is 50.2 Å². The predicted octanol–water partition coefficient (Wildman–Crippen LogP) is 0.971. The molecule has 2 fully saturated rings. The Labute approximate surface area is 133 Å². The average Bonchev–Trinajstić information content (AvgIpc) is 2.90. The molecule has 3 heterocycles. The first-order valence-electron chi connectivity index (χ1n) is 8.68. The van der Waals surface area contributed by atoms with Gasteiger partial charge in [-0.15, -0.1) is 10.2 Å². The van der Waals surface area contributed by atoms with Gasteiger partial charge in [-0.05, 0) is 38.8 Å². The van der Waals surface area contributed by atoms with E-state index < -0.39 is 0 Å². The van der Waals surface area contributed by atoms with Crippen LogP contribution < -0.4 is 0 Å². The van der Waals surface area contributed by atoms with Crippen molar-refractivity contribution >= 4 is 0 Å². The highest BCUT2D eigenvalue weighted by molar-refractivity contribution is 5.04. The number of likely N-dealkylation sites (tertiary alicyclic amines) is 2. The highest BCUT2D eigenvalue weighted by atomic mass is 16.3. The maximum absolute atomic E-state index is 9.61. The van der Waals surface area contributed by atoms with E-state index in [9.17, 15) is 5.11 Å². The smallest absolute Gasteiger partial charge is 0.146 e. The number of aliphatic hydroxyl groups excluding tert-OH is 1. The first-order valence-corrected chi connectivity index (χ1v) is 8.68. The molecule has 124 valence electrons. The van der Waals surface area contributed by atoms with Gasteiger partial charge >= 0.3 is 0 Å². The summed E-state index contributed by atoms with van der Waals surface area (Å²) in [7, 11) is 2.11. The van der Waals surface area contributed by atoms with Crippen LogP contribution in [0, 0.1) is 0 Å². The number of aliphatic hydroxyl groups is 1. The second-order valence-corrected chi connectivity index (χ2v) is 6.77. The van der Waals surface area contributed by atoms with Crippen molar-refractivity contribution in [3.05, 3.63) is 11.6 Å². The Hall–Kier alpha value is -0.980. The van der Waals surface area contributed by atoms with Gasteiger partial charge in [0, 0.05) is 32.6 Å². The molecule has 2 aliphatic heterocycles. The summed E-state index contributed by atoms with van der Waals surface area (Å²) in [6.07, 6.45) is 4.11. The van der Waals surface area contributed by atoms with Crippen LogP contribution in [0.3, 0.4) is 0 Å². The molecule has 22 heavy (non-hydrogen) atoms. The molecule has 1 aromatic heterocycles. The minimum absolute atomic E-state index is 0.117. The van der Waals surface area contributed by atoms with Gasteiger partial charge < -0.3 is 14.6 Å². The second-order valence-electron chi connectivity index (χ2n) is 6.77. The molecule has 6 heteroatoms. The van der Waals surface area contributed by atoms with Gasteiger partial charge in [-0.2, -0.15) is 0 Å². The van der Waals surface area contributed by atoms with Crippen molar-refractivity contribution in [3.63, 3.8) is 0 Å². The number of hydrogen-bond acceptors (Lipinski definition) is 5. The Morgan fingerprint density at radius 1 is 1.09 bits per heavy atom. The second kappa shape index (κ2) is 7.06. The molecule has 0 unspecified atom stereocenters. The van der Waals surface area contributed by atoms with Crippen LogP contribution in [-0.4, -0.2) is 68.5 Å². The highest BCUT2D eigenvalue weighted by Gasteiger charge is 2.26. The van der Waals surface area contributed by atoms with Crippen molar-refractivity contribution in [3.8, 4) is 0 Å². The molecular weight excluding hydrogens is 278 g/mol. The zero-order valence-corrected chi connectivity index (χ0v) is 13.9. The van der Waals surface area contributed by atoms with Crippen molar-refractivity contribution in [1.29, 1.82) is 0 Å². The van der Waals surface area contributed by atoms with Gasteiger partial charge in [-0.3, -0.25) is 4.90 Å². The Kier molecular flexibility index (Phi) is 5.10. The normalized spacial score (nSPS) is 25.7. The lowest BCUT2D eigenvalue weighted by molar-refractivity contribution is 0.0775. The van der Waals surface area contributed by atoms with Crippen LogP contribution >= 0.6 is 0 Å². The minimum atomic E-state index is -0.117. The minimum Gasteiger partial charge on any atom is -0.393 e. The Morgan fingerprint density at radius 3 is 2.59 bits per heavy atom. The summed E-state index contributed by atoms with van der Waals surface area (Å²) >= 11 is 0. The van der Waals surface area contributed by atoms with E-state index in [4.69, 9.17) is 0 Å². The van der Waals surface area contributed by atoms with Crippen molar-refractivity contribution < 1.29 is 5.11 Å². The molecule has 0 saturated carbocycles.